The highest BCUT2D eigenvalue weighted by molar-refractivity contribution is 7.91. The first-order chi connectivity index (χ1) is 8.36. The Morgan fingerprint density at radius 2 is 2.22 bits per heavy atom. The summed E-state index contributed by atoms with van der Waals surface area (Å²) in [6.07, 6.45) is 1.09. The van der Waals surface area contributed by atoms with Gasteiger partial charge < -0.3 is 5.11 Å². The number of rotatable bonds is 3. The van der Waals surface area contributed by atoms with Gasteiger partial charge in [0.2, 0.25) is 0 Å². The van der Waals surface area contributed by atoms with Crippen molar-refractivity contribution < 1.29 is 13.5 Å². The summed E-state index contributed by atoms with van der Waals surface area (Å²) in [5.41, 5.74) is -0.563. The zero-order valence-electron chi connectivity index (χ0n) is 9.67. The Labute approximate surface area is 111 Å². The van der Waals surface area contributed by atoms with E-state index >= 15 is 0 Å². The van der Waals surface area contributed by atoms with Gasteiger partial charge in [-0.15, -0.1) is 0 Å². The van der Waals surface area contributed by atoms with E-state index in [1.807, 2.05) is 6.07 Å². The van der Waals surface area contributed by atoms with E-state index in [-0.39, 0.29) is 0 Å². The molecule has 0 spiro atoms. The predicted octanol–water partition coefficient (Wildman–Crippen LogP) is 1.35. The molecule has 0 aliphatic heterocycles. The number of aliphatic hydroxyl groups is 1. The van der Waals surface area contributed by atoms with Gasteiger partial charge in [0.05, 0.1) is 17.9 Å². The molecule has 1 saturated carbocycles. The van der Waals surface area contributed by atoms with Crippen molar-refractivity contribution in [2.24, 2.45) is 5.41 Å². The lowest BCUT2D eigenvalue weighted by Crippen LogP contribution is -2.16. The van der Waals surface area contributed by atoms with Crippen LogP contribution in [0.4, 0.5) is 0 Å². The summed E-state index contributed by atoms with van der Waals surface area (Å²) in [6, 6.07) is 8.70. The van der Waals surface area contributed by atoms with Crippen LogP contribution in [0, 0.1) is 16.7 Å². The van der Waals surface area contributed by atoms with Crippen LogP contribution in [0.3, 0.4) is 0 Å². The molecule has 0 amide bonds. The largest absolute Gasteiger partial charge is 0.395 e. The lowest BCUT2D eigenvalue weighted by atomic mass is 10.0. The number of benzene rings is 1. The molecule has 96 valence electrons. The highest BCUT2D eigenvalue weighted by Crippen LogP contribution is 2.62. The molecule has 0 bridgehead atoms. The van der Waals surface area contributed by atoms with Gasteiger partial charge in [0, 0.05) is 17.2 Å². The molecule has 0 heterocycles. The average molecular weight is 286 g/mol. The van der Waals surface area contributed by atoms with E-state index in [1.54, 1.807) is 24.3 Å². The van der Waals surface area contributed by atoms with Gasteiger partial charge in [-0.2, -0.15) is 5.26 Å². The van der Waals surface area contributed by atoms with Gasteiger partial charge in [-0.1, -0.05) is 23.7 Å². The summed E-state index contributed by atoms with van der Waals surface area (Å²) in [5.74, 6) is -0.513. The lowest BCUT2D eigenvalue weighted by Gasteiger charge is -2.03. The fraction of sp³-hybridized carbons (Fsp3) is 0.417. The minimum absolute atomic E-state index is 0.474. The first-order valence-electron chi connectivity index (χ1n) is 5.33. The molecule has 3 unspecified atom stereocenters. The highest BCUT2D eigenvalue weighted by Gasteiger charge is 2.70. The third-order valence-electron chi connectivity index (χ3n) is 3.40. The summed E-state index contributed by atoms with van der Waals surface area (Å²) in [5, 5.41) is 18.2. The molecular formula is C12H12ClNO3S. The van der Waals surface area contributed by atoms with E-state index < -0.39 is 33.0 Å². The third kappa shape index (κ3) is 1.91. The summed E-state index contributed by atoms with van der Waals surface area (Å²) in [7, 11) is -3.40. The third-order valence-corrected chi connectivity index (χ3v) is 5.25. The van der Waals surface area contributed by atoms with Crippen LogP contribution in [0.15, 0.2) is 24.3 Å². The Bertz CT molecular complexity index is 622. The van der Waals surface area contributed by atoms with Crippen LogP contribution >= 0.6 is 11.6 Å². The maximum absolute atomic E-state index is 11.7. The number of hydrogen-bond donors (Lipinski definition) is 1. The van der Waals surface area contributed by atoms with Crippen LogP contribution in [0.2, 0.25) is 5.02 Å². The average Bonchev–Trinajstić information content (AvgIpc) is 2.98. The molecule has 18 heavy (non-hydrogen) atoms. The Morgan fingerprint density at radius 1 is 1.56 bits per heavy atom. The molecule has 1 aromatic rings. The molecule has 1 aliphatic rings. The number of hydrogen-bond acceptors (Lipinski definition) is 4. The number of aliphatic hydroxyl groups excluding tert-OH is 1. The normalized spacial score (nSPS) is 30.8. The second kappa shape index (κ2) is 4.23. The molecule has 0 saturated heterocycles. The monoisotopic (exact) mass is 285 g/mol. The first kappa shape index (κ1) is 13.3. The van der Waals surface area contributed by atoms with E-state index in [1.165, 1.54) is 0 Å². The van der Waals surface area contributed by atoms with E-state index in [0.717, 1.165) is 6.26 Å². The molecule has 2 rings (SSSR count). The second-order valence-electron chi connectivity index (χ2n) is 4.59. The van der Waals surface area contributed by atoms with E-state index in [2.05, 4.69) is 0 Å². The Hall–Kier alpha value is -1.09. The van der Waals surface area contributed by atoms with Crippen molar-refractivity contribution in [1.29, 1.82) is 5.26 Å². The molecule has 0 aromatic heterocycles. The number of sulfone groups is 1. The van der Waals surface area contributed by atoms with Crippen molar-refractivity contribution in [3.63, 3.8) is 0 Å². The number of nitrogens with zero attached hydrogens (tertiary/aromatic N) is 1. The molecule has 0 radical (unpaired) electrons. The minimum atomic E-state index is -3.40. The standard InChI is InChI=1S/C12H12ClNO3S/c1-18(16,17)11-10(12(11,6-14)7-15)8-3-2-4-9(13)5-8/h2-5,10-11,15H,7H2,1H3. The zero-order chi connectivity index (χ0) is 13.6. The van der Waals surface area contributed by atoms with Gasteiger partial charge in [0.1, 0.15) is 5.41 Å². The van der Waals surface area contributed by atoms with Gasteiger partial charge in [0.15, 0.2) is 9.84 Å². The van der Waals surface area contributed by atoms with Crippen molar-refractivity contribution in [2.75, 3.05) is 12.9 Å². The maximum Gasteiger partial charge on any atom is 0.152 e. The quantitative estimate of drug-likeness (QED) is 0.909. The summed E-state index contributed by atoms with van der Waals surface area (Å²) in [6.45, 7) is -0.474. The van der Waals surface area contributed by atoms with Crippen molar-refractivity contribution in [1.82, 2.24) is 0 Å². The van der Waals surface area contributed by atoms with Gasteiger partial charge in [-0.05, 0) is 17.7 Å². The van der Waals surface area contributed by atoms with Crippen LogP contribution in [0.1, 0.15) is 11.5 Å². The Morgan fingerprint density at radius 3 is 2.61 bits per heavy atom. The molecule has 3 atom stereocenters. The van der Waals surface area contributed by atoms with Gasteiger partial charge >= 0.3 is 0 Å². The van der Waals surface area contributed by atoms with Crippen LogP contribution < -0.4 is 0 Å². The fourth-order valence-corrected chi connectivity index (χ4v) is 4.62. The Balaban J connectivity index is 2.49. The van der Waals surface area contributed by atoms with Crippen molar-refractivity contribution >= 4 is 21.4 Å². The summed E-state index contributed by atoms with van der Waals surface area (Å²) in [4.78, 5) is 0. The molecule has 1 aromatic carbocycles. The molecule has 6 heteroatoms. The highest BCUT2D eigenvalue weighted by atomic mass is 35.5. The summed E-state index contributed by atoms with van der Waals surface area (Å²) < 4.78 is 23.4. The van der Waals surface area contributed by atoms with Crippen LogP contribution in [-0.2, 0) is 9.84 Å². The van der Waals surface area contributed by atoms with E-state index in [0.29, 0.717) is 10.6 Å². The zero-order valence-corrected chi connectivity index (χ0v) is 11.2. The van der Waals surface area contributed by atoms with Gasteiger partial charge in [-0.25, -0.2) is 8.42 Å². The van der Waals surface area contributed by atoms with Crippen molar-refractivity contribution in [2.45, 2.75) is 11.2 Å². The van der Waals surface area contributed by atoms with E-state index in [4.69, 9.17) is 11.6 Å². The van der Waals surface area contributed by atoms with Gasteiger partial charge in [0.25, 0.3) is 0 Å². The Kier molecular flexibility index (Phi) is 3.14. The smallest absolute Gasteiger partial charge is 0.152 e. The topological polar surface area (TPSA) is 78.2 Å². The number of halogens is 1. The molecule has 1 fully saturated rings. The molecule has 1 N–H and O–H groups in total. The van der Waals surface area contributed by atoms with Crippen LogP contribution in [0.25, 0.3) is 0 Å². The van der Waals surface area contributed by atoms with Crippen molar-refractivity contribution in [3.05, 3.63) is 34.9 Å². The van der Waals surface area contributed by atoms with Crippen molar-refractivity contribution in [3.8, 4) is 6.07 Å². The molecule has 4 nitrogen and oxygen atoms in total. The van der Waals surface area contributed by atoms with Crippen LogP contribution in [-0.4, -0.2) is 31.6 Å². The summed E-state index contributed by atoms with van der Waals surface area (Å²) >= 11 is 5.86. The predicted molar refractivity (Wildman–Crippen MR) is 68.0 cm³/mol. The maximum atomic E-state index is 11.7. The SMILES string of the molecule is CS(=O)(=O)C1C(c2cccc(Cl)c2)C1(C#N)CO. The molecule has 1 aliphatic carbocycles. The van der Waals surface area contributed by atoms with E-state index in [9.17, 15) is 18.8 Å². The molecular weight excluding hydrogens is 274 g/mol. The second-order valence-corrected chi connectivity index (χ2v) is 7.20. The first-order valence-corrected chi connectivity index (χ1v) is 7.66. The fourth-order valence-electron chi connectivity index (χ4n) is 2.56. The minimum Gasteiger partial charge on any atom is -0.395 e. The van der Waals surface area contributed by atoms with Crippen LogP contribution in [0.5, 0.6) is 0 Å². The number of nitriles is 1. The van der Waals surface area contributed by atoms with Gasteiger partial charge in [-0.3, -0.25) is 0 Å². The lowest BCUT2D eigenvalue weighted by molar-refractivity contribution is 0.242.